The lowest BCUT2D eigenvalue weighted by molar-refractivity contribution is 0.0939. The number of halogens is 1. The van der Waals surface area contributed by atoms with Crippen LogP contribution in [0.25, 0.3) is 10.8 Å². The van der Waals surface area contributed by atoms with Gasteiger partial charge in [-0.05, 0) is 30.4 Å². The van der Waals surface area contributed by atoms with E-state index in [1.54, 1.807) is 24.3 Å². The summed E-state index contributed by atoms with van der Waals surface area (Å²) >= 11 is 0. The van der Waals surface area contributed by atoms with Gasteiger partial charge in [-0.3, -0.25) is 4.79 Å². The van der Waals surface area contributed by atoms with E-state index in [9.17, 15) is 9.18 Å². The minimum atomic E-state index is -0.284. The van der Waals surface area contributed by atoms with Crippen molar-refractivity contribution in [3.05, 3.63) is 47.8 Å². The molecule has 1 aliphatic rings. The van der Waals surface area contributed by atoms with Crippen molar-refractivity contribution in [1.29, 1.82) is 0 Å². The molecule has 0 aliphatic heterocycles. The molecule has 0 bridgehead atoms. The molecule has 1 N–H and O–H groups in total. The van der Waals surface area contributed by atoms with Gasteiger partial charge in [0.05, 0.1) is 0 Å². The Bertz CT molecular complexity index is 617. The largest absolute Gasteiger partial charge is 0.349 e. The highest BCUT2D eigenvalue weighted by Crippen LogP contribution is 2.23. The molecule has 3 rings (SSSR count). The molecule has 2 aromatic carbocycles. The minimum absolute atomic E-state index is 0.0944. The van der Waals surface area contributed by atoms with Gasteiger partial charge in [0.2, 0.25) is 0 Å². The molecule has 0 unspecified atom stereocenters. The molecule has 1 saturated carbocycles. The number of carbonyl (C=O) groups excluding carboxylic acids is 1. The van der Waals surface area contributed by atoms with Crippen molar-refractivity contribution in [2.24, 2.45) is 0 Å². The van der Waals surface area contributed by atoms with Crippen molar-refractivity contribution >= 4 is 16.7 Å². The van der Waals surface area contributed by atoms with Crippen LogP contribution in [0.15, 0.2) is 36.4 Å². The summed E-state index contributed by atoms with van der Waals surface area (Å²) in [6.07, 6.45) is 4.44. The fourth-order valence-electron chi connectivity index (χ4n) is 2.79. The third-order valence-electron chi connectivity index (χ3n) is 3.81. The van der Waals surface area contributed by atoms with E-state index in [2.05, 4.69) is 5.32 Å². The Morgan fingerprint density at radius 1 is 1.05 bits per heavy atom. The molecule has 0 atom stereocenters. The molecule has 0 aromatic heterocycles. The zero-order valence-corrected chi connectivity index (χ0v) is 10.7. The number of hydrogen-bond donors (Lipinski definition) is 1. The predicted molar refractivity (Wildman–Crippen MR) is 73.6 cm³/mol. The highest BCUT2D eigenvalue weighted by molar-refractivity contribution is 6.07. The van der Waals surface area contributed by atoms with Crippen LogP contribution in [0.5, 0.6) is 0 Å². The van der Waals surface area contributed by atoms with Crippen molar-refractivity contribution in [1.82, 2.24) is 5.32 Å². The number of nitrogens with one attached hydrogen (secondary N) is 1. The smallest absolute Gasteiger partial charge is 0.252 e. The maximum Gasteiger partial charge on any atom is 0.252 e. The van der Waals surface area contributed by atoms with Crippen LogP contribution in [0.4, 0.5) is 4.39 Å². The average Bonchev–Trinajstić information content (AvgIpc) is 2.92. The highest BCUT2D eigenvalue weighted by atomic mass is 19.1. The summed E-state index contributed by atoms with van der Waals surface area (Å²) in [5.74, 6) is -0.379. The zero-order valence-electron chi connectivity index (χ0n) is 10.7. The molecule has 1 fully saturated rings. The van der Waals surface area contributed by atoms with Gasteiger partial charge in [0, 0.05) is 17.0 Å². The van der Waals surface area contributed by atoms with Gasteiger partial charge >= 0.3 is 0 Å². The van der Waals surface area contributed by atoms with Crippen molar-refractivity contribution in [3.63, 3.8) is 0 Å². The van der Waals surface area contributed by atoms with Crippen LogP contribution in [0.1, 0.15) is 36.0 Å². The second kappa shape index (κ2) is 5.00. The minimum Gasteiger partial charge on any atom is -0.349 e. The fourth-order valence-corrected chi connectivity index (χ4v) is 2.79. The second-order valence-corrected chi connectivity index (χ2v) is 5.10. The van der Waals surface area contributed by atoms with Crippen LogP contribution < -0.4 is 5.32 Å². The first-order chi connectivity index (χ1) is 9.25. The lowest BCUT2D eigenvalue weighted by atomic mass is 10.0. The van der Waals surface area contributed by atoms with Crippen molar-refractivity contribution in [2.75, 3.05) is 0 Å². The van der Waals surface area contributed by atoms with Crippen LogP contribution in [0.3, 0.4) is 0 Å². The molecule has 1 amide bonds. The number of fused-ring (bicyclic) bond motifs is 1. The summed E-state index contributed by atoms with van der Waals surface area (Å²) in [4.78, 5) is 12.3. The van der Waals surface area contributed by atoms with E-state index in [-0.39, 0.29) is 17.8 Å². The number of hydrogen-bond acceptors (Lipinski definition) is 1. The summed E-state index contributed by atoms with van der Waals surface area (Å²) in [6.45, 7) is 0. The van der Waals surface area contributed by atoms with E-state index in [0.29, 0.717) is 16.3 Å². The van der Waals surface area contributed by atoms with E-state index in [4.69, 9.17) is 0 Å². The normalized spacial score (nSPS) is 15.8. The Morgan fingerprint density at radius 3 is 2.47 bits per heavy atom. The number of benzene rings is 2. The van der Waals surface area contributed by atoms with E-state index >= 15 is 0 Å². The maximum atomic E-state index is 13.7. The first-order valence-corrected chi connectivity index (χ1v) is 6.74. The molecule has 1 aliphatic carbocycles. The first-order valence-electron chi connectivity index (χ1n) is 6.74. The standard InChI is InChI=1S/C16H16FNO/c17-15-10-9-14(12-7-3-4-8-13(12)15)16(19)18-11-5-1-2-6-11/h3-4,7-11H,1-2,5-6H2,(H,18,19). The zero-order chi connectivity index (χ0) is 13.2. The van der Waals surface area contributed by atoms with Gasteiger partial charge in [0.1, 0.15) is 5.82 Å². The van der Waals surface area contributed by atoms with Gasteiger partial charge in [-0.25, -0.2) is 4.39 Å². The van der Waals surface area contributed by atoms with Crippen LogP contribution >= 0.6 is 0 Å². The number of carbonyl (C=O) groups is 1. The molecule has 19 heavy (non-hydrogen) atoms. The van der Waals surface area contributed by atoms with Crippen LogP contribution in [-0.4, -0.2) is 11.9 Å². The van der Waals surface area contributed by atoms with Crippen LogP contribution in [0.2, 0.25) is 0 Å². The Morgan fingerprint density at radius 2 is 1.74 bits per heavy atom. The maximum absolute atomic E-state index is 13.7. The number of amides is 1. The van der Waals surface area contributed by atoms with Crippen molar-refractivity contribution in [2.45, 2.75) is 31.7 Å². The summed E-state index contributed by atoms with van der Waals surface area (Å²) in [5.41, 5.74) is 0.559. The summed E-state index contributed by atoms with van der Waals surface area (Å²) < 4.78 is 13.7. The molecule has 0 saturated heterocycles. The van der Waals surface area contributed by atoms with Crippen LogP contribution in [0, 0.1) is 5.82 Å². The van der Waals surface area contributed by atoms with Crippen molar-refractivity contribution in [3.8, 4) is 0 Å². The summed E-state index contributed by atoms with van der Waals surface area (Å²) in [6, 6.07) is 10.3. The first kappa shape index (κ1) is 12.2. The molecule has 0 radical (unpaired) electrons. The van der Waals surface area contributed by atoms with Gasteiger partial charge in [-0.2, -0.15) is 0 Å². The molecular formula is C16H16FNO. The predicted octanol–water partition coefficient (Wildman–Crippen LogP) is 3.65. The monoisotopic (exact) mass is 257 g/mol. The molecule has 0 heterocycles. The van der Waals surface area contributed by atoms with Gasteiger partial charge in [-0.1, -0.05) is 37.1 Å². The topological polar surface area (TPSA) is 29.1 Å². The lowest BCUT2D eigenvalue weighted by Crippen LogP contribution is -2.32. The van der Waals surface area contributed by atoms with E-state index in [0.717, 1.165) is 12.8 Å². The van der Waals surface area contributed by atoms with E-state index in [1.165, 1.54) is 18.9 Å². The Kier molecular flexibility index (Phi) is 3.20. The molecule has 3 heteroatoms. The Labute approximate surface area is 111 Å². The van der Waals surface area contributed by atoms with E-state index in [1.807, 2.05) is 6.07 Å². The third-order valence-corrected chi connectivity index (χ3v) is 3.81. The molecule has 2 nitrogen and oxygen atoms in total. The second-order valence-electron chi connectivity index (χ2n) is 5.10. The highest BCUT2D eigenvalue weighted by Gasteiger charge is 2.19. The molecular weight excluding hydrogens is 241 g/mol. The lowest BCUT2D eigenvalue weighted by Gasteiger charge is -2.13. The van der Waals surface area contributed by atoms with Gasteiger partial charge < -0.3 is 5.32 Å². The van der Waals surface area contributed by atoms with Crippen molar-refractivity contribution < 1.29 is 9.18 Å². The van der Waals surface area contributed by atoms with E-state index < -0.39 is 0 Å². The Hall–Kier alpha value is -1.90. The molecule has 0 spiro atoms. The van der Waals surface area contributed by atoms with Crippen LogP contribution in [-0.2, 0) is 0 Å². The number of rotatable bonds is 2. The van der Waals surface area contributed by atoms with Gasteiger partial charge in [0.15, 0.2) is 0 Å². The SMILES string of the molecule is O=C(NC1CCCC1)c1ccc(F)c2ccccc12. The Balaban J connectivity index is 1.95. The molecule has 98 valence electrons. The quantitative estimate of drug-likeness (QED) is 0.874. The van der Waals surface area contributed by atoms with Gasteiger partial charge in [-0.15, -0.1) is 0 Å². The summed E-state index contributed by atoms with van der Waals surface area (Å²) in [7, 11) is 0. The fraction of sp³-hybridized carbons (Fsp3) is 0.312. The van der Waals surface area contributed by atoms with Gasteiger partial charge in [0.25, 0.3) is 5.91 Å². The summed E-state index contributed by atoms with van der Waals surface area (Å²) in [5, 5.41) is 4.23. The molecule has 2 aromatic rings. The average molecular weight is 257 g/mol. The third kappa shape index (κ3) is 2.33.